The highest BCUT2D eigenvalue weighted by Gasteiger charge is 2.18. The predicted octanol–water partition coefficient (Wildman–Crippen LogP) is 3.84. The lowest BCUT2D eigenvalue weighted by Crippen LogP contribution is -2.15. The molecule has 0 spiro atoms. The molecule has 26 heavy (non-hydrogen) atoms. The normalized spacial score (nSPS) is 11.0. The summed E-state index contributed by atoms with van der Waals surface area (Å²) in [5.74, 6) is -1.98. The third kappa shape index (κ3) is 3.23. The number of rotatable bonds is 5. The minimum Gasteiger partial charge on any atom is -0.478 e. The van der Waals surface area contributed by atoms with Crippen LogP contribution in [0.1, 0.15) is 10.4 Å². The molecule has 0 saturated heterocycles. The van der Waals surface area contributed by atoms with E-state index in [1.165, 1.54) is 42.5 Å². The number of fused-ring (bicyclic) bond motifs is 1. The van der Waals surface area contributed by atoms with Gasteiger partial charge in [0, 0.05) is 18.6 Å². The Morgan fingerprint density at radius 3 is 2.73 bits per heavy atom. The van der Waals surface area contributed by atoms with E-state index in [0.29, 0.717) is 5.69 Å². The monoisotopic (exact) mass is 363 g/mol. The van der Waals surface area contributed by atoms with Crippen LogP contribution >= 0.6 is 0 Å². The van der Waals surface area contributed by atoms with Crippen molar-refractivity contribution >= 4 is 28.4 Å². The highest BCUT2D eigenvalue weighted by atomic mass is 19.3. The van der Waals surface area contributed by atoms with Crippen molar-refractivity contribution in [1.29, 1.82) is 0 Å². The lowest BCUT2D eigenvalue weighted by atomic mass is 10.1. The molecule has 9 heteroatoms. The zero-order valence-electron chi connectivity index (χ0n) is 13.4. The molecule has 0 unspecified atom stereocenters. The number of carboxylic acid groups (broad SMARTS) is 1. The first-order valence-electron chi connectivity index (χ1n) is 7.33. The molecule has 2 heterocycles. The van der Waals surface area contributed by atoms with Crippen LogP contribution in [0, 0.1) is 5.82 Å². The summed E-state index contributed by atoms with van der Waals surface area (Å²) >= 11 is 0. The molecule has 0 amide bonds. The van der Waals surface area contributed by atoms with Gasteiger partial charge >= 0.3 is 12.6 Å². The molecule has 1 N–H and O–H groups in total. The van der Waals surface area contributed by atoms with Gasteiger partial charge in [-0.25, -0.2) is 14.2 Å². The smallest absolute Gasteiger partial charge is 0.387 e. The van der Waals surface area contributed by atoms with Crippen molar-refractivity contribution in [2.24, 2.45) is 0 Å². The number of pyridine rings is 2. The van der Waals surface area contributed by atoms with Gasteiger partial charge in [0.1, 0.15) is 5.82 Å². The number of benzene rings is 1. The van der Waals surface area contributed by atoms with Crippen molar-refractivity contribution in [3.05, 3.63) is 54.1 Å². The zero-order chi connectivity index (χ0) is 18.8. The number of hydrogen-bond acceptors (Lipinski definition) is 5. The second kappa shape index (κ2) is 6.87. The van der Waals surface area contributed by atoms with E-state index in [-0.39, 0.29) is 28.0 Å². The molecule has 1 aromatic carbocycles. The molecule has 0 bridgehead atoms. The van der Waals surface area contributed by atoms with Gasteiger partial charge in [-0.05, 0) is 30.3 Å². The Morgan fingerprint density at radius 1 is 1.27 bits per heavy atom. The highest BCUT2D eigenvalue weighted by molar-refractivity contribution is 6.02. The average molecular weight is 363 g/mol. The van der Waals surface area contributed by atoms with E-state index < -0.39 is 18.4 Å². The topological polar surface area (TPSA) is 75.6 Å². The van der Waals surface area contributed by atoms with Crippen molar-refractivity contribution in [1.82, 2.24) is 9.97 Å². The van der Waals surface area contributed by atoms with Crippen LogP contribution in [0.2, 0.25) is 0 Å². The Balaban J connectivity index is 2.09. The quantitative estimate of drug-likeness (QED) is 0.742. The van der Waals surface area contributed by atoms with E-state index in [4.69, 9.17) is 0 Å². The molecule has 0 fully saturated rings. The number of aromatic nitrogens is 2. The van der Waals surface area contributed by atoms with Crippen molar-refractivity contribution < 1.29 is 27.8 Å². The maximum atomic E-state index is 14.1. The molecular formula is C17H12F3N3O3. The number of anilines is 2. The molecule has 6 nitrogen and oxygen atoms in total. The van der Waals surface area contributed by atoms with Crippen LogP contribution in [-0.2, 0) is 0 Å². The maximum Gasteiger partial charge on any atom is 0.387 e. The summed E-state index contributed by atoms with van der Waals surface area (Å²) in [5.41, 5.74) is 0.159. The van der Waals surface area contributed by atoms with Gasteiger partial charge in [-0.1, -0.05) is 0 Å². The molecule has 0 aliphatic rings. The number of carbonyl (C=O) groups is 1. The van der Waals surface area contributed by atoms with Gasteiger partial charge < -0.3 is 14.7 Å². The third-order valence-electron chi connectivity index (χ3n) is 3.68. The Morgan fingerprint density at radius 2 is 2.04 bits per heavy atom. The number of aromatic carboxylic acids is 1. The summed E-state index contributed by atoms with van der Waals surface area (Å²) in [5, 5.41) is 9.17. The first kappa shape index (κ1) is 17.5. The van der Waals surface area contributed by atoms with Gasteiger partial charge in [0.25, 0.3) is 0 Å². The molecule has 134 valence electrons. The number of carboxylic acids is 1. The summed E-state index contributed by atoms with van der Waals surface area (Å²) in [6.45, 7) is -3.03. The summed E-state index contributed by atoms with van der Waals surface area (Å²) in [7, 11) is 1.52. The summed E-state index contributed by atoms with van der Waals surface area (Å²) < 4.78 is 43.7. The third-order valence-corrected chi connectivity index (χ3v) is 3.68. The van der Waals surface area contributed by atoms with Crippen LogP contribution in [0.15, 0.2) is 42.7 Å². The highest BCUT2D eigenvalue weighted by Crippen LogP contribution is 2.33. The molecular weight excluding hydrogens is 351 g/mol. The van der Waals surface area contributed by atoms with Gasteiger partial charge in [-0.3, -0.25) is 4.98 Å². The fourth-order valence-electron chi connectivity index (χ4n) is 2.48. The SMILES string of the molecule is CN(c1cnc2c(C(=O)O)ccc(F)c2c1)c1ncccc1OC(F)F. The fraction of sp³-hybridized carbons (Fsp3) is 0.118. The largest absolute Gasteiger partial charge is 0.478 e. The first-order chi connectivity index (χ1) is 12.4. The Kier molecular flexibility index (Phi) is 4.61. The minimum atomic E-state index is -3.03. The average Bonchev–Trinajstić information content (AvgIpc) is 2.61. The summed E-state index contributed by atoms with van der Waals surface area (Å²) in [4.78, 5) is 20.7. The zero-order valence-corrected chi connectivity index (χ0v) is 13.4. The van der Waals surface area contributed by atoms with Crippen LogP contribution in [0.25, 0.3) is 10.9 Å². The van der Waals surface area contributed by atoms with Gasteiger partial charge in [0.2, 0.25) is 0 Å². The van der Waals surface area contributed by atoms with E-state index in [2.05, 4.69) is 14.7 Å². The minimum absolute atomic E-state index is 0.0125. The molecule has 0 aliphatic heterocycles. The van der Waals surface area contributed by atoms with Gasteiger partial charge in [0.05, 0.1) is 23.0 Å². The van der Waals surface area contributed by atoms with Crippen LogP contribution in [-0.4, -0.2) is 34.7 Å². The van der Waals surface area contributed by atoms with Gasteiger partial charge in [-0.15, -0.1) is 0 Å². The number of nitrogens with zero attached hydrogens (tertiary/aromatic N) is 3. The van der Waals surface area contributed by atoms with E-state index in [9.17, 15) is 23.1 Å². The van der Waals surface area contributed by atoms with Gasteiger partial charge in [-0.2, -0.15) is 8.78 Å². The number of alkyl halides is 2. The second-order valence-electron chi connectivity index (χ2n) is 5.25. The van der Waals surface area contributed by atoms with Crippen molar-refractivity contribution in [2.75, 3.05) is 11.9 Å². The first-order valence-corrected chi connectivity index (χ1v) is 7.33. The lowest BCUT2D eigenvalue weighted by molar-refractivity contribution is -0.0496. The summed E-state index contributed by atoms with van der Waals surface area (Å²) in [6, 6.07) is 6.28. The lowest BCUT2D eigenvalue weighted by Gasteiger charge is -2.21. The molecule has 0 aliphatic carbocycles. The molecule has 0 radical (unpaired) electrons. The van der Waals surface area contributed by atoms with Gasteiger partial charge in [0.15, 0.2) is 11.6 Å². The van der Waals surface area contributed by atoms with E-state index >= 15 is 0 Å². The van der Waals surface area contributed by atoms with E-state index in [1.807, 2.05) is 0 Å². The van der Waals surface area contributed by atoms with Crippen molar-refractivity contribution in [3.8, 4) is 5.75 Å². The van der Waals surface area contributed by atoms with Crippen LogP contribution in [0.3, 0.4) is 0 Å². The van der Waals surface area contributed by atoms with E-state index in [0.717, 1.165) is 12.1 Å². The van der Waals surface area contributed by atoms with Crippen LogP contribution in [0.4, 0.5) is 24.7 Å². The molecule has 3 rings (SSSR count). The number of hydrogen-bond donors (Lipinski definition) is 1. The molecule has 2 aromatic heterocycles. The number of halogens is 3. The standard InChI is InChI=1S/C17H12F3N3O3/c1-23(15-13(26-17(19)20)3-2-6-21-15)9-7-11-12(18)5-4-10(16(24)25)14(11)22-8-9/h2-8,17H,1H3,(H,24,25). The predicted molar refractivity (Wildman–Crippen MR) is 87.6 cm³/mol. The molecule has 0 saturated carbocycles. The Labute approximate surface area is 145 Å². The molecule has 3 aromatic rings. The molecule has 0 atom stereocenters. The van der Waals surface area contributed by atoms with Crippen molar-refractivity contribution in [2.45, 2.75) is 6.61 Å². The second-order valence-corrected chi connectivity index (χ2v) is 5.25. The van der Waals surface area contributed by atoms with Crippen molar-refractivity contribution in [3.63, 3.8) is 0 Å². The number of ether oxygens (including phenoxy) is 1. The van der Waals surface area contributed by atoms with Crippen LogP contribution < -0.4 is 9.64 Å². The van der Waals surface area contributed by atoms with E-state index in [1.54, 1.807) is 0 Å². The fourth-order valence-corrected chi connectivity index (χ4v) is 2.48. The Bertz CT molecular complexity index is 982. The Hall–Kier alpha value is -3.36. The maximum absolute atomic E-state index is 14.1. The summed E-state index contributed by atoms with van der Waals surface area (Å²) in [6.07, 6.45) is 2.69. The van der Waals surface area contributed by atoms with Crippen LogP contribution in [0.5, 0.6) is 5.75 Å².